The maximum absolute atomic E-state index is 12.9. The second-order valence-electron chi connectivity index (χ2n) is 6.40. The van der Waals surface area contributed by atoms with E-state index < -0.39 is 24.4 Å². The fraction of sp³-hybridized carbons (Fsp3) is 0.211. The van der Waals surface area contributed by atoms with Gasteiger partial charge < -0.3 is 9.84 Å². The number of hydrogen-bond acceptors (Lipinski definition) is 5. The Balaban J connectivity index is 1.75. The lowest BCUT2D eigenvalue weighted by atomic mass is 10.1. The highest BCUT2D eigenvalue weighted by Gasteiger charge is 2.37. The number of nitrogens with zero attached hydrogens (tertiary/aromatic N) is 2. The summed E-state index contributed by atoms with van der Waals surface area (Å²) in [4.78, 5) is 30.2. The predicted octanol–water partition coefficient (Wildman–Crippen LogP) is 4.68. The highest BCUT2D eigenvalue weighted by atomic mass is 35.5. The Morgan fingerprint density at radius 2 is 2.14 bits per heavy atom. The predicted molar refractivity (Wildman–Crippen MR) is 109 cm³/mol. The number of carboxylic acids is 1. The maximum atomic E-state index is 12.9. The number of thiazole rings is 1. The summed E-state index contributed by atoms with van der Waals surface area (Å²) in [5.74, 6) is -1.00. The van der Waals surface area contributed by atoms with Crippen molar-refractivity contribution in [2.75, 3.05) is 4.90 Å². The minimum absolute atomic E-state index is 0.183. The van der Waals surface area contributed by atoms with Gasteiger partial charge in [0.15, 0.2) is 6.10 Å². The molecule has 0 fully saturated rings. The van der Waals surface area contributed by atoms with Crippen LogP contribution < -0.4 is 9.64 Å². The summed E-state index contributed by atoms with van der Waals surface area (Å²) < 4.78 is 6.51. The monoisotopic (exact) mass is 436 g/mol. The van der Waals surface area contributed by atoms with Crippen molar-refractivity contribution in [3.63, 3.8) is 0 Å². The fourth-order valence-corrected chi connectivity index (χ4v) is 4.68. The largest absolute Gasteiger partial charge is 0.481 e. The van der Waals surface area contributed by atoms with Crippen molar-refractivity contribution < 1.29 is 19.4 Å². The molecule has 1 unspecified atom stereocenters. The summed E-state index contributed by atoms with van der Waals surface area (Å²) in [6, 6.07) is 8.81. The van der Waals surface area contributed by atoms with Gasteiger partial charge in [0.1, 0.15) is 10.8 Å². The molecule has 1 aliphatic rings. The van der Waals surface area contributed by atoms with Gasteiger partial charge in [-0.2, -0.15) is 0 Å². The molecule has 0 saturated heterocycles. The lowest BCUT2D eigenvalue weighted by Crippen LogP contribution is -2.46. The molecule has 4 rings (SSSR count). The van der Waals surface area contributed by atoms with E-state index >= 15 is 0 Å². The number of halogens is 2. The first kappa shape index (κ1) is 19.0. The molecule has 0 bridgehead atoms. The average Bonchev–Trinajstić information content (AvgIpc) is 3.02. The van der Waals surface area contributed by atoms with Crippen molar-refractivity contribution in [1.82, 2.24) is 4.98 Å². The van der Waals surface area contributed by atoms with Gasteiger partial charge in [-0.1, -0.05) is 35.3 Å². The number of aliphatic carboxylic acids is 1. The van der Waals surface area contributed by atoms with Gasteiger partial charge >= 0.3 is 5.97 Å². The average molecular weight is 437 g/mol. The number of carbonyl (C=O) groups is 2. The van der Waals surface area contributed by atoms with Crippen molar-refractivity contribution in [2.24, 2.45) is 0 Å². The van der Waals surface area contributed by atoms with Crippen LogP contribution in [-0.2, 0) is 16.1 Å². The summed E-state index contributed by atoms with van der Waals surface area (Å²) in [5, 5.41) is 10.8. The normalized spacial score (nSPS) is 16.2. The summed E-state index contributed by atoms with van der Waals surface area (Å²) in [6.07, 6.45) is -1.50. The molecule has 0 aliphatic carbocycles. The molecule has 0 saturated carbocycles. The summed E-state index contributed by atoms with van der Waals surface area (Å²) in [6.45, 7) is 2.03. The molecule has 6 nitrogen and oxygen atoms in total. The summed E-state index contributed by atoms with van der Waals surface area (Å²) in [5.41, 5.74) is 2.07. The van der Waals surface area contributed by atoms with E-state index in [2.05, 4.69) is 4.98 Å². The van der Waals surface area contributed by atoms with Gasteiger partial charge in [0.25, 0.3) is 5.91 Å². The number of benzene rings is 2. The van der Waals surface area contributed by atoms with Crippen LogP contribution in [0.4, 0.5) is 5.69 Å². The van der Waals surface area contributed by atoms with E-state index in [0.29, 0.717) is 32.0 Å². The minimum atomic E-state index is -1.10. The SMILES string of the molecule is Cc1cccc2c1OC(CC(=O)O)C(=O)N2Cc1nc2cc(Cl)cc(Cl)c2s1. The second-order valence-corrected chi connectivity index (χ2v) is 8.32. The van der Waals surface area contributed by atoms with E-state index in [1.54, 1.807) is 18.2 Å². The molecule has 0 spiro atoms. The van der Waals surface area contributed by atoms with Crippen LogP contribution in [0.2, 0.25) is 10.0 Å². The maximum Gasteiger partial charge on any atom is 0.307 e. The highest BCUT2D eigenvalue weighted by Crippen LogP contribution is 2.39. The lowest BCUT2D eigenvalue weighted by Gasteiger charge is -2.34. The zero-order valence-electron chi connectivity index (χ0n) is 14.6. The molecule has 28 heavy (non-hydrogen) atoms. The third-order valence-electron chi connectivity index (χ3n) is 4.39. The number of anilines is 1. The quantitative estimate of drug-likeness (QED) is 0.641. The van der Waals surface area contributed by atoms with Crippen LogP contribution in [0.3, 0.4) is 0 Å². The zero-order chi connectivity index (χ0) is 20.0. The van der Waals surface area contributed by atoms with Gasteiger partial charge in [-0.25, -0.2) is 4.98 Å². The van der Waals surface area contributed by atoms with Gasteiger partial charge in [0.2, 0.25) is 0 Å². The Morgan fingerprint density at radius 3 is 2.89 bits per heavy atom. The van der Waals surface area contributed by atoms with E-state index in [9.17, 15) is 9.59 Å². The first-order valence-corrected chi connectivity index (χ1v) is 9.94. The van der Waals surface area contributed by atoms with Crippen LogP contribution in [-0.4, -0.2) is 28.1 Å². The van der Waals surface area contributed by atoms with Crippen LogP contribution in [0, 0.1) is 6.92 Å². The molecule has 2 aromatic carbocycles. The standard InChI is InChI=1S/C19H14Cl2N2O4S/c1-9-3-2-4-13-17(9)27-14(7-16(24)25)19(26)23(13)8-15-22-12-6-10(20)5-11(21)18(12)28-15/h2-6,14H,7-8H2,1H3,(H,24,25). The van der Waals surface area contributed by atoms with E-state index in [-0.39, 0.29) is 6.54 Å². The Bertz CT molecular complexity index is 1110. The number of carboxylic acid groups (broad SMARTS) is 1. The van der Waals surface area contributed by atoms with Crippen molar-refractivity contribution in [2.45, 2.75) is 26.0 Å². The van der Waals surface area contributed by atoms with Crippen molar-refractivity contribution in [1.29, 1.82) is 0 Å². The number of ether oxygens (including phenoxy) is 1. The minimum Gasteiger partial charge on any atom is -0.481 e. The summed E-state index contributed by atoms with van der Waals surface area (Å²) in [7, 11) is 0. The Hall–Kier alpha value is -2.35. The van der Waals surface area contributed by atoms with Crippen LogP contribution in [0.15, 0.2) is 30.3 Å². The number of hydrogen-bond donors (Lipinski definition) is 1. The molecular weight excluding hydrogens is 423 g/mol. The van der Waals surface area contributed by atoms with Gasteiger partial charge in [0.05, 0.1) is 33.9 Å². The molecule has 9 heteroatoms. The molecule has 1 aromatic heterocycles. The van der Waals surface area contributed by atoms with Crippen LogP contribution in [0.25, 0.3) is 10.2 Å². The number of fused-ring (bicyclic) bond motifs is 2. The van der Waals surface area contributed by atoms with E-state index in [4.69, 9.17) is 33.0 Å². The number of aryl methyl sites for hydroxylation is 1. The van der Waals surface area contributed by atoms with Gasteiger partial charge in [0, 0.05) is 5.02 Å². The molecule has 1 N–H and O–H groups in total. The first-order valence-electron chi connectivity index (χ1n) is 8.37. The highest BCUT2D eigenvalue weighted by molar-refractivity contribution is 7.19. The Morgan fingerprint density at radius 1 is 1.36 bits per heavy atom. The number of aromatic nitrogens is 1. The van der Waals surface area contributed by atoms with Crippen molar-refractivity contribution in [3.05, 3.63) is 50.9 Å². The third-order valence-corrected chi connectivity index (χ3v) is 6.11. The molecule has 1 atom stereocenters. The molecule has 2 heterocycles. The topological polar surface area (TPSA) is 79.7 Å². The van der Waals surface area contributed by atoms with E-state index in [1.807, 2.05) is 19.1 Å². The number of para-hydroxylation sites is 1. The zero-order valence-corrected chi connectivity index (χ0v) is 16.9. The summed E-state index contributed by atoms with van der Waals surface area (Å²) >= 11 is 13.7. The van der Waals surface area contributed by atoms with Crippen LogP contribution in [0.5, 0.6) is 5.75 Å². The number of carbonyl (C=O) groups excluding carboxylic acids is 1. The molecule has 1 aliphatic heterocycles. The molecule has 1 amide bonds. The third kappa shape index (κ3) is 3.41. The first-order chi connectivity index (χ1) is 13.3. The van der Waals surface area contributed by atoms with Crippen LogP contribution in [0.1, 0.15) is 17.0 Å². The molecule has 3 aromatic rings. The Labute approximate surface area is 174 Å². The van der Waals surface area contributed by atoms with E-state index in [1.165, 1.54) is 16.2 Å². The smallest absolute Gasteiger partial charge is 0.307 e. The second kappa shape index (κ2) is 7.24. The molecule has 144 valence electrons. The fourth-order valence-electron chi connectivity index (χ4n) is 3.15. The van der Waals surface area contributed by atoms with Gasteiger partial charge in [-0.3, -0.25) is 14.5 Å². The Kier molecular flexibility index (Phi) is 4.91. The molecular formula is C19H14Cl2N2O4S. The van der Waals surface area contributed by atoms with E-state index in [0.717, 1.165) is 10.3 Å². The van der Waals surface area contributed by atoms with Crippen molar-refractivity contribution >= 4 is 62.3 Å². The van der Waals surface area contributed by atoms with Gasteiger partial charge in [-0.15, -0.1) is 11.3 Å². The van der Waals surface area contributed by atoms with Crippen LogP contribution >= 0.6 is 34.5 Å². The lowest BCUT2D eigenvalue weighted by molar-refractivity contribution is -0.142. The van der Waals surface area contributed by atoms with Gasteiger partial charge in [-0.05, 0) is 30.7 Å². The molecule has 0 radical (unpaired) electrons. The number of amides is 1. The number of rotatable bonds is 4. The van der Waals surface area contributed by atoms with Crippen molar-refractivity contribution in [3.8, 4) is 5.75 Å².